The topological polar surface area (TPSA) is 32.3 Å². The number of amides is 1. The van der Waals surface area contributed by atoms with Crippen LogP contribution in [0.4, 0.5) is 4.39 Å². The minimum absolute atomic E-state index is 0.0103. The summed E-state index contributed by atoms with van der Waals surface area (Å²) in [5.41, 5.74) is 1.16. The van der Waals surface area contributed by atoms with Crippen molar-refractivity contribution < 1.29 is 9.18 Å². The number of alkyl halides is 1. The molecule has 8 rings (SSSR count). The van der Waals surface area contributed by atoms with E-state index in [1.54, 1.807) is 0 Å². The summed E-state index contributed by atoms with van der Waals surface area (Å²) in [7, 11) is 0. The Morgan fingerprint density at radius 1 is 1.07 bits per heavy atom. The summed E-state index contributed by atoms with van der Waals surface area (Å²) in [6.07, 6.45) is 9.33. The van der Waals surface area contributed by atoms with E-state index in [2.05, 4.69) is 40.5 Å². The molecule has 5 atom stereocenters. The van der Waals surface area contributed by atoms with Crippen molar-refractivity contribution in [2.45, 2.75) is 69.2 Å². The maximum absolute atomic E-state index is 13.9. The predicted octanol–water partition coefficient (Wildman–Crippen LogP) is 4.46. The van der Waals surface area contributed by atoms with Gasteiger partial charge in [-0.2, -0.15) is 0 Å². The molecule has 162 valence electrons. The number of halogens is 1. The number of fused-ring (bicyclic) bond motifs is 3. The van der Waals surface area contributed by atoms with E-state index < -0.39 is 0 Å². The molecule has 3 heterocycles. The van der Waals surface area contributed by atoms with Crippen LogP contribution in [0.15, 0.2) is 30.3 Å². The molecular formula is C26H35FN2O. The second-order valence-electron chi connectivity index (χ2n) is 11.6. The predicted molar refractivity (Wildman–Crippen MR) is 116 cm³/mol. The molecule has 1 amide bonds. The first-order valence-corrected chi connectivity index (χ1v) is 12.2. The normalized spacial score (nSPS) is 46.2. The molecule has 30 heavy (non-hydrogen) atoms. The number of piperidine rings is 3. The van der Waals surface area contributed by atoms with Crippen LogP contribution < -0.4 is 5.32 Å². The van der Waals surface area contributed by atoms with Crippen LogP contribution >= 0.6 is 0 Å². The van der Waals surface area contributed by atoms with Crippen molar-refractivity contribution in [3.8, 4) is 0 Å². The van der Waals surface area contributed by atoms with Gasteiger partial charge in [0.1, 0.15) is 0 Å². The van der Waals surface area contributed by atoms with Crippen molar-refractivity contribution in [1.29, 1.82) is 0 Å². The smallest absolute Gasteiger partial charge is 0.226 e. The zero-order chi connectivity index (χ0) is 20.4. The average Bonchev–Trinajstić information content (AvgIpc) is 2.74. The lowest BCUT2D eigenvalue weighted by Crippen LogP contribution is -2.65. The first-order chi connectivity index (χ1) is 14.5. The number of hydrogen-bond acceptors (Lipinski definition) is 2. The fourth-order valence-corrected chi connectivity index (χ4v) is 8.93. The minimum atomic E-state index is -0.295. The second kappa shape index (κ2) is 6.79. The third kappa shape index (κ3) is 2.89. The number of nitrogens with one attached hydrogen (secondary N) is 1. The van der Waals surface area contributed by atoms with Crippen LogP contribution in [0.2, 0.25) is 0 Å². The van der Waals surface area contributed by atoms with Crippen LogP contribution in [-0.4, -0.2) is 43.2 Å². The van der Waals surface area contributed by atoms with Crippen molar-refractivity contribution in [3.05, 3.63) is 35.9 Å². The SMILES string of the molecule is O=C(N[C@H]1CN2CCC1CC2)C12CC3C[C@@](CCF)(C1)C[C@](c1ccccc1)(C3)C2. The number of nitrogens with zero attached hydrogens (tertiary/aromatic N) is 1. The number of benzene rings is 1. The Hall–Kier alpha value is -1.42. The molecule has 4 saturated carbocycles. The Kier molecular flexibility index (Phi) is 4.36. The quantitative estimate of drug-likeness (QED) is 0.777. The highest BCUT2D eigenvalue weighted by Crippen LogP contribution is 2.71. The fourth-order valence-electron chi connectivity index (χ4n) is 8.93. The monoisotopic (exact) mass is 410 g/mol. The van der Waals surface area contributed by atoms with E-state index in [0.29, 0.717) is 30.2 Å². The number of carbonyl (C=O) groups excluding carboxylic acids is 1. The van der Waals surface area contributed by atoms with Crippen molar-refractivity contribution in [2.75, 3.05) is 26.3 Å². The maximum atomic E-state index is 13.9. The van der Waals surface area contributed by atoms with E-state index in [-0.39, 0.29) is 22.9 Å². The molecule has 3 aliphatic heterocycles. The molecule has 4 heteroatoms. The Bertz CT molecular complexity index is 822. The van der Waals surface area contributed by atoms with Gasteiger partial charge in [0.25, 0.3) is 0 Å². The van der Waals surface area contributed by atoms with Crippen molar-refractivity contribution in [1.82, 2.24) is 10.2 Å². The summed E-state index contributed by atoms with van der Waals surface area (Å²) in [4.78, 5) is 16.5. The minimum Gasteiger partial charge on any atom is -0.351 e. The summed E-state index contributed by atoms with van der Waals surface area (Å²) in [5, 5.41) is 3.56. The molecule has 7 fully saturated rings. The van der Waals surface area contributed by atoms with Crippen LogP contribution in [0, 0.1) is 22.7 Å². The highest BCUT2D eigenvalue weighted by molar-refractivity contribution is 5.84. The van der Waals surface area contributed by atoms with Gasteiger partial charge in [0, 0.05) is 12.6 Å². The molecule has 1 aromatic carbocycles. The van der Waals surface area contributed by atoms with Gasteiger partial charge in [-0.3, -0.25) is 9.18 Å². The maximum Gasteiger partial charge on any atom is 0.226 e. The Balaban J connectivity index is 1.33. The summed E-state index contributed by atoms with van der Waals surface area (Å²) in [5.74, 6) is 1.51. The van der Waals surface area contributed by atoms with Gasteiger partial charge < -0.3 is 10.2 Å². The van der Waals surface area contributed by atoms with E-state index in [4.69, 9.17) is 0 Å². The zero-order valence-electron chi connectivity index (χ0n) is 18.0. The lowest BCUT2D eigenvalue weighted by Gasteiger charge is -2.66. The molecule has 6 bridgehead atoms. The molecule has 0 spiro atoms. The number of rotatable bonds is 5. The van der Waals surface area contributed by atoms with Crippen molar-refractivity contribution >= 4 is 5.91 Å². The summed E-state index contributed by atoms with van der Waals surface area (Å²) in [6.45, 7) is 3.16. The summed E-state index contributed by atoms with van der Waals surface area (Å²) < 4.78 is 13.7. The first-order valence-electron chi connectivity index (χ1n) is 12.2. The third-order valence-corrected chi connectivity index (χ3v) is 9.65. The largest absolute Gasteiger partial charge is 0.351 e. The third-order valence-electron chi connectivity index (χ3n) is 9.65. The molecule has 7 aliphatic rings. The molecule has 4 aliphatic carbocycles. The van der Waals surface area contributed by atoms with E-state index in [1.807, 2.05) is 0 Å². The van der Waals surface area contributed by atoms with Crippen molar-refractivity contribution in [2.24, 2.45) is 22.7 Å². The van der Waals surface area contributed by atoms with E-state index >= 15 is 0 Å². The Morgan fingerprint density at radius 3 is 2.57 bits per heavy atom. The van der Waals surface area contributed by atoms with Gasteiger partial charge in [-0.15, -0.1) is 0 Å². The van der Waals surface area contributed by atoms with Gasteiger partial charge in [-0.25, -0.2) is 0 Å². The van der Waals surface area contributed by atoms with E-state index in [9.17, 15) is 9.18 Å². The highest BCUT2D eigenvalue weighted by atomic mass is 19.1. The van der Waals surface area contributed by atoms with Crippen LogP contribution in [0.3, 0.4) is 0 Å². The Morgan fingerprint density at radius 2 is 1.87 bits per heavy atom. The van der Waals surface area contributed by atoms with Gasteiger partial charge in [0.15, 0.2) is 0 Å². The molecule has 0 aromatic heterocycles. The standard InChI is InChI=1S/C26H35FN2O/c27-9-8-24-12-19-13-25(16-24,21-4-2-1-3-5-21)18-26(14-19,17-24)23(30)28-22-15-29-10-6-20(22)7-11-29/h1-5,19-20,22H,6-18H2,(H,28,30)/t19?,22-,24+,25+,26?/m0/s1. The first kappa shape index (κ1) is 19.3. The van der Waals surface area contributed by atoms with E-state index in [1.165, 1.54) is 37.9 Å². The van der Waals surface area contributed by atoms with Crippen molar-refractivity contribution in [3.63, 3.8) is 0 Å². The van der Waals surface area contributed by atoms with Gasteiger partial charge in [-0.05, 0) is 99.1 Å². The zero-order valence-corrected chi connectivity index (χ0v) is 18.0. The lowest BCUT2D eigenvalue weighted by molar-refractivity contribution is -0.166. The number of hydrogen-bond donors (Lipinski definition) is 1. The highest BCUT2D eigenvalue weighted by Gasteiger charge is 2.65. The van der Waals surface area contributed by atoms with E-state index in [0.717, 1.165) is 38.6 Å². The molecule has 2 unspecified atom stereocenters. The van der Waals surface area contributed by atoms with Gasteiger partial charge in [-0.1, -0.05) is 30.3 Å². The summed E-state index contributed by atoms with van der Waals surface area (Å²) in [6, 6.07) is 11.2. The van der Waals surface area contributed by atoms with Crippen LogP contribution in [0.1, 0.15) is 63.4 Å². The molecule has 1 aromatic rings. The molecular weight excluding hydrogens is 375 g/mol. The number of carbonyl (C=O) groups is 1. The van der Waals surface area contributed by atoms with Crippen LogP contribution in [-0.2, 0) is 10.2 Å². The molecule has 3 saturated heterocycles. The molecule has 0 radical (unpaired) electrons. The van der Waals surface area contributed by atoms with Gasteiger partial charge >= 0.3 is 0 Å². The van der Waals surface area contributed by atoms with Gasteiger partial charge in [0.05, 0.1) is 12.1 Å². The van der Waals surface area contributed by atoms with Gasteiger partial charge in [0.2, 0.25) is 5.91 Å². The summed E-state index contributed by atoms with van der Waals surface area (Å²) >= 11 is 0. The second-order valence-corrected chi connectivity index (χ2v) is 11.6. The average molecular weight is 411 g/mol. The molecule has 1 N–H and O–H groups in total. The molecule has 3 nitrogen and oxygen atoms in total. The fraction of sp³-hybridized carbons (Fsp3) is 0.731. The Labute approximate surface area is 179 Å². The lowest BCUT2D eigenvalue weighted by atomic mass is 9.38. The van der Waals surface area contributed by atoms with Crippen LogP contribution in [0.25, 0.3) is 0 Å². The van der Waals surface area contributed by atoms with Crippen LogP contribution in [0.5, 0.6) is 0 Å².